The average molecular weight is 306 g/mol. The van der Waals surface area contributed by atoms with Crippen LogP contribution in [0.3, 0.4) is 0 Å². The minimum absolute atomic E-state index is 0.297. The summed E-state index contributed by atoms with van der Waals surface area (Å²) in [6.45, 7) is 0. The molecule has 0 spiro atoms. The third kappa shape index (κ3) is 1.32. The lowest BCUT2D eigenvalue weighted by Gasteiger charge is -1.96. The molecule has 0 aliphatic carbocycles. The van der Waals surface area contributed by atoms with Crippen LogP contribution in [0.15, 0.2) is 21.1 Å². The fourth-order valence-corrected chi connectivity index (χ4v) is 2.52. The lowest BCUT2D eigenvalue weighted by Crippen LogP contribution is -1.97. The zero-order chi connectivity index (χ0) is 9.59. The maximum Gasteiger partial charge on any atom is 0.348 e. The van der Waals surface area contributed by atoms with Gasteiger partial charge in [0.25, 0.3) is 0 Å². The molecule has 1 aromatic carbocycles. The van der Waals surface area contributed by atoms with Crippen molar-refractivity contribution in [3.63, 3.8) is 0 Å². The van der Waals surface area contributed by atoms with Crippen LogP contribution >= 0.6 is 31.9 Å². The van der Waals surface area contributed by atoms with Gasteiger partial charge in [-0.3, -0.25) is 0 Å². The average Bonchev–Trinajstić information content (AvgIpc) is 2.27. The molecule has 0 amide bonds. The Bertz CT molecular complexity index is 426. The second-order valence-electron chi connectivity index (χ2n) is 2.49. The number of carbonyl (C=O) groups is 2. The Kier molecular flexibility index (Phi) is 2.00. The number of cyclic esters (lactones) is 2. The third-order valence-corrected chi connectivity index (χ3v) is 2.75. The molecule has 1 heterocycles. The minimum atomic E-state index is -0.598. The highest BCUT2D eigenvalue weighted by Gasteiger charge is 2.32. The van der Waals surface area contributed by atoms with Gasteiger partial charge in [-0.25, -0.2) is 9.59 Å². The molecule has 0 aromatic heterocycles. The van der Waals surface area contributed by atoms with Crippen molar-refractivity contribution in [2.75, 3.05) is 0 Å². The zero-order valence-electron chi connectivity index (χ0n) is 6.14. The highest BCUT2D eigenvalue weighted by molar-refractivity contribution is 9.11. The molecule has 66 valence electrons. The van der Waals surface area contributed by atoms with E-state index in [1.54, 1.807) is 12.1 Å². The van der Waals surface area contributed by atoms with E-state index in [4.69, 9.17) is 0 Å². The van der Waals surface area contributed by atoms with E-state index in [9.17, 15) is 9.59 Å². The fraction of sp³-hybridized carbons (Fsp3) is 0. The first-order valence-electron chi connectivity index (χ1n) is 3.35. The van der Waals surface area contributed by atoms with Gasteiger partial charge in [0.15, 0.2) is 0 Å². The van der Waals surface area contributed by atoms with Crippen LogP contribution in [0.5, 0.6) is 0 Å². The molecule has 0 fully saturated rings. The van der Waals surface area contributed by atoms with Crippen LogP contribution < -0.4 is 0 Å². The number of fused-ring (bicyclic) bond motifs is 1. The third-order valence-electron chi connectivity index (χ3n) is 1.66. The van der Waals surface area contributed by atoms with E-state index in [1.807, 2.05) is 0 Å². The summed E-state index contributed by atoms with van der Waals surface area (Å²) in [5.74, 6) is -1.19. The molecular formula is C8H2Br2O3. The van der Waals surface area contributed by atoms with Gasteiger partial charge >= 0.3 is 11.9 Å². The first-order valence-corrected chi connectivity index (χ1v) is 4.94. The lowest BCUT2D eigenvalue weighted by atomic mass is 10.1. The molecule has 0 bridgehead atoms. The minimum Gasteiger partial charge on any atom is -0.386 e. The molecule has 1 aliphatic rings. The molecule has 0 unspecified atom stereocenters. The molecule has 13 heavy (non-hydrogen) atoms. The first kappa shape index (κ1) is 8.90. The van der Waals surface area contributed by atoms with Gasteiger partial charge < -0.3 is 4.74 Å². The number of carbonyl (C=O) groups excluding carboxylic acids is 2. The molecule has 0 saturated carbocycles. The molecule has 3 nitrogen and oxygen atoms in total. The van der Waals surface area contributed by atoms with Gasteiger partial charge in [-0.15, -0.1) is 0 Å². The fourth-order valence-electron chi connectivity index (χ4n) is 1.13. The number of rotatable bonds is 0. The van der Waals surface area contributed by atoms with E-state index in [0.717, 1.165) is 4.47 Å². The van der Waals surface area contributed by atoms with Gasteiger partial charge in [-0.1, -0.05) is 15.9 Å². The Labute approximate surface area is 90.3 Å². The van der Waals surface area contributed by atoms with Crippen molar-refractivity contribution in [1.82, 2.24) is 0 Å². The second kappa shape index (κ2) is 2.92. The van der Waals surface area contributed by atoms with Gasteiger partial charge in [0.1, 0.15) is 0 Å². The van der Waals surface area contributed by atoms with Gasteiger partial charge in [0, 0.05) is 8.95 Å². The summed E-state index contributed by atoms with van der Waals surface area (Å²) in [5, 5.41) is 0. The molecule has 2 rings (SSSR count). The Balaban J connectivity index is 2.77. The highest BCUT2D eigenvalue weighted by Crippen LogP contribution is 2.30. The van der Waals surface area contributed by atoms with Crippen LogP contribution in [0.2, 0.25) is 0 Å². The number of hydrogen-bond acceptors (Lipinski definition) is 3. The van der Waals surface area contributed by atoms with Crippen molar-refractivity contribution >= 4 is 43.8 Å². The van der Waals surface area contributed by atoms with Crippen LogP contribution in [0.1, 0.15) is 20.7 Å². The van der Waals surface area contributed by atoms with E-state index in [-0.39, 0.29) is 0 Å². The normalized spacial score (nSPS) is 14.3. The standard InChI is InChI=1S/C8H2Br2O3/c9-3-1-4-6(5(10)2-3)8(12)13-7(4)11/h1-2H. The van der Waals surface area contributed by atoms with Crippen LogP contribution in [0, 0.1) is 0 Å². The molecule has 0 N–H and O–H groups in total. The summed E-state index contributed by atoms with van der Waals surface area (Å²) in [4.78, 5) is 22.2. The number of halogens is 2. The Morgan fingerprint density at radius 3 is 2.46 bits per heavy atom. The van der Waals surface area contributed by atoms with Crippen molar-refractivity contribution in [3.8, 4) is 0 Å². The molecule has 0 atom stereocenters. The van der Waals surface area contributed by atoms with Gasteiger partial charge in [-0.05, 0) is 28.1 Å². The lowest BCUT2D eigenvalue weighted by molar-refractivity contribution is 0.0443. The predicted molar refractivity (Wildman–Crippen MR) is 51.6 cm³/mol. The molecule has 5 heteroatoms. The van der Waals surface area contributed by atoms with E-state index in [1.165, 1.54) is 0 Å². The monoisotopic (exact) mass is 304 g/mol. The van der Waals surface area contributed by atoms with Gasteiger partial charge in [-0.2, -0.15) is 0 Å². The van der Waals surface area contributed by atoms with Gasteiger partial charge in [0.05, 0.1) is 11.1 Å². The number of esters is 2. The SMILES string of the molecule is O=C1OC(=O)c2c(Br)cc(Br)cc21. The Morgan fingerprint density at radius 1 is 1.08 bits per heavy atom. The summed E-state index contributed by atoms with van der Waals surface area (Å²) >= 11 is 6.40. The predicted octanol–water partition coefficient (Wildman–Crippen LogP) is 2.52. The Morgan fingerprint density at radius 2 is 1.77 bits per heavy atom. The smallest absolute Gasteiger partial charge is 0.348 e. The maximum atomic E-state index is 11.1. The summed E-state index contributed by atoms with van der Waals surface area (Å²) < 4.78 is 5.73. The van der Waals surface area contributed by atoms with Crippen LogP contribution in [-0.4, -0.2) is 11.9 Å². The maximum absolute atomic E-state index is 11.1. The molecule has 1 aliphatic heterocycles. The van der Waals surface area contributed by atoms with E-state index < -0.39 is 11.9 Å². The zero-order valence-corrected chi connectivity index (χ0v) is 9.31. The molecule has 0 saturated heterocycles. The van der Waals surface area contributed by atoms with Crippen LogP contribution in [0.4, 0.5) is 0 Å². The van der Waals surface area contributed by atoms with Crippen molar-refractivity contribution in [2.24, 2.45) is 0 Å². The van der Waals surface area contributed by atoms with Crippen LogP contribution in [0.25, 0.3) is 0 Å². The van der Waals surface area contributed by atoms with E-state index >= 15 is 0 Å². The topological polar surface area (TPSA) is 43.4 Å². The summed E-state index contributed by atoms with van der Waals surface area (Å²) in [7, 11) is 0. The second-order valence-corrected chi connectivity index (χ2v) is 4.26. The number of hydrogen-bond donors (Lipinski definition) is 0. The molecule has 1 aromatic rings. The van der Waals surface area contributed by atoms with Crippen molar-refractivity contribution in [2.45, 2.75) is 0 Å². The summed E-state index contributed by atoms with van der Waals surface area (Å²) in [6.07, 6.45) is 0. The largest absolute Gasteiger partial charge is 0.386 e. The van der Waals surface area contributed by atoms with Crippen molar-refractivity contribution in [3.05, 3.63) is 32.2 Å². The molecular weight excluding hydrogens is 304 g/mol. The Hall–Kier alpha value is -0.680. The summed E-state index contributed by atoms with van der Waals surface area (Å²) in [5.41, 5.74) is 0.597. The van der Waals surface area contributed by atoms with E-state index in [0.29, 0.717) is 15.6 Å². The highest BCUT2D eigenvalue weighted by atomic mass is 79.9. The summed E-state index contributed by atoms with van der Waals surface area (Å²) in [6, 6.07) is 3.26. The number of ether oxygens (including phenoxy) is 1. The number of benzene rings is 1. The van der Waals surface area contributed by atoms with Crippen molar-refractivity contribution in [1.29, 1.82) is 0 Å². The molecule has 0 radical (unpaired) electrons. The first-order chi connectivity index (χ1) is 6.09. The van der Waals surface area contributed by atoms with Gasteiger partial charge in [0.2, 0.25) is 0 Å². The quantitative estimate of drug-likeness (QED) is 0.546. The van der Waals surface area contributed by atoms with E-state index in [2.05, 4.69) is 36.6 Å². The van der Waals surface area contributed by atoms with Crippen LogP contribution in [-0.2, 0) is 4.74 Å². The van der Waals surface area contributed by atoms with Crippen molar-refractivity contribution < 1.29 is 14.3 Å².